The molecule has 0 unspecified atom stereocenters. The van der Waals surface area contributed by atoms with Gasteiger partial charge in [0.2, 0.25) is 11.8 Å². The normalized spacial score (nSPS) is 24.7. The summed E-state index contributed by atoms with van der Waals surface area (Å²) in [7, 11) is 0. The number of aliphatic hydroxyl groups excluding tert-OH is 1. The number of benzene rings is 2. The van der Waals surface area contributed by atoms with Gasteiger partial charge in [-0.1, -0.05) is 61.2 Å². The van der Waals surface area contributed by atoms with E-state index < -0.39 is 10.8 Å². The van der Waals surface area contributed by atoms with Crippen LogP contribution in [0.15, 0.2) is 53.4 Å². The zero-order chi connectivity index (χ0) is 27.2. The van der Waals surface area contributed by atoms with Gasteiger partial charge in [-0.2, -0.15) is 0 Å². The van der Waals surface area contributed by atoms with Crippen LogP contribution in [0.3, 0.4) is 0 Å². The van der Waals surface area contributed by atoms with E-state index in [2.05, 4.69) is 46.3 Å². The largest absolute Gasteiger partial charge is 0.392 e. The highest BCUT2D eigenvalue weighted by atomic mass is 32.2. The van der Waals surface area contributed by atoms with E-state index in [1.165, 1.54) is 18.2 Å². The Morgan fingerprint density at radius 3 is 2.41 bits per heavy atom. The van der Waals surface area contributed by atoms with Crippen LogP contribution in [0.5, 0.6) is 0 Å². The van der Waals surface area contributed by atoms with Gasteiger partial charge in [-0.15, -0.1) is 11.8 Å². The zero-order valence-electron chi connectivity index (χ0n) is 22.9. The summed E-state index contributed by atoms with van der Waals surface area (Å²) in [5.41, 5.74) is 2.93. The molecule has 2 heterocycles. The molecule has 0 spiro atoms. The predicted molar refractivity (Wildman–Crippen MR) is 153 cm³/mol. The Morgan fingerprint density at radius 1 is 1.05 bits per heavy atom. The standard InChI is InChI=1S/C31H41N3O4S/c1-23-7-13-27(14-8-23)39-31(30(37)32-15-16-33-17-19-38-20-18-33)21-28(36)34(26-5-3-2-4-6-26)29(31)25-11-9-24(22-35)10-12-25/h7-14,26,29,35H,2-6,15-22H2,1H3,(H,32,37)/t29-,31-/m1/s1. The number of aryl methyl sites for hydroxylation is 1. The lowest BCUT2D eigenvalue weighted by Crippen LogP contribution is -2.51. The van der Waals surface area contributed by atoms with Gasteiger partial charge in [0.05, 0.1) is 32.3 Å². The molecule has 1 aliphatic carbocycles. The van der Waals surface area contributed by atoms with Crippen LogP contribution in [0.1, 0.15) is 61.3 Å². The molecule has 3 aliphatic rings. The third-order valence-electron chi connectivity index (χ3n) is 8.39. The Hall–Kier alpha value is -2.39. The fourth-order valence-electron chi connectivity index (χ4n) is 6.25. The van der Waals surface area contributed by atoms with Crippen LogP contribution in [0, 0.1) is 6.92 Å². The number of carbonyl (C=O) groups excluding carboxylic acids is 2. The summed E-state index contributed by atoms with van der Waals surface area (Å²) < 4.78 is 4.46. The van der Waals surface area contributed by atoms with Crippen molar-refractivity contribution in [1.82, 2.24) is 15.1 Å². The van der Waals surface area contributed by atoms with E-state index in [1.54, 1.807) is 0 Å². The third kappa shape index (κ3) is 6.35. The zero-order valence-corrected chi connectivity index (χ0v) is 23.8. The number of nitrogens with one attached hydrogen (secondary N) is 1. The smallest absolute Gasteiger partial charge is 0.239 e. The average Bonchev–Trinajstić information content (AvgIpc) is 3.27. The van der Waals surface area contributed by atoms with E-state index in [4.69, 9.17) is 4.74 Å². The molecule has 3 fully saturated rings. The number of ether oxygens (including phenoxy) is 1. The summed E-state index contributed by atoms with van der Waals surface area (Å²) in [5, 5.41) is 12.9. The van der Waals surface area contributed by atoms with Crippen molar-refractivity contribution < 1.29 is 19.4 Å². The van der Waals surface area contributed by atoms with Crippen molar-refractivity contribution in [3.8, 4) is 0 Å². The fourth-order valence-corrected chi connectivity index (χ4v) is 7.67. The number of rotatable bonds is 9. The number of morpholine rings is 1. The number of likely N-dealkylation sites (tertiary alicyclic amines) is 1. The topological polar surface area (TPSA) is 82.1 Å². The van der Waals surface area contributed by atoms with Crippen LogP contribution in [-0.2, 0) is 20.9 Å². The first-order valence-corrected chi connectivity index (χ1v) is 15.2. The highest BCUT2D eigenvalue weighted by molar-refractivity contribution is 8.01. The first-order chi connectivity index (χ1) is 19.0. The number of carbonyl (C=O) groups is 2. The SMILES string of the molecule is Cc1ccc(S[C@]2(C(=O)NCCN3CCOCC3)CC(=O)N(C3CCCCC3)[C@@H]2c2ccc(CO)cc2)cc1. The van der Waals surface area contributed by atoms with Gasteiger partial charge in [-0.05, 0) is 43.0 Å². The van der Waals surface area contributed by atoms with Crippen LogP contribution in [0.4, 0.5) is 0 Å². The molecule has 1 saturated carbocycles. The lowest BCUT2D eigenvalue weighted by molar-refractivity contribution is -0.132. The molecular formula is C31H41N3O4S. The van der Waals surface area contributed by atoms with Gasteiger partial charge in [-0.25, -0.2) is 0 Å². The number of nitrogens with zero attached hydrogens (tertiary/aromatic N) is 2. The van der Waals surface area contributed by atoms with Crippen molar-refractivity contribution in [2.75, 3.05) is 39.4 Å². The average molecular weight is 552 g/mol. The van der Waals surface area contributed by atoms with Crippen molar-refractivity contribution in [3.05, 3.63) is 65.2 Å². The molecule has 2 N–H and O–H groups in total. The number of hydrogen-bond acceptors (Lipinski definition) is 6. The number of amides is 2. The lowest BCUT2D eigenvalue weighted by Gasteiger charge is -2.41. The van der Waals surface area contributed by atoms with Crippen molar-refractivity contribution in [1.29, 1.82) is 0 Å². The Morgan fingerprint density at radius 2 is 1.74 bits per heavy atom. The number of hydrogen-bond donors (Lipinski definition) is 2. The highest BCUT2D eigenvalue weighted by Gasteiger charge is 2.59. The summed E-state index contributed by atoms with van der Waals surface area (Å²) in [5.74, 6) is -0.0229. The van der Waals surface area contributed by atoms with Crippen molar-refractivity contribution in [2.45, 2.75) is 73.8 Å². The van der Waals surface area contributed by atoms with E-state index in [-0.39, 0.29) is 30.9 Å². The summed E-state index contributed by atoms with van der Waals surface area (Å²) in [4.78, 5) is 33.6. The van der Waals surface area contributed by atoms with Gasteiger partial charge in [-0.3, -0.25) is 14.5 Å². The van der Waals surface area contributed by atoms with Crippen molar-refractivity contribution >= 4 is 23.6 Å². The van der Waals surface area contributed by atoms with Gasteiger partial charge in [0.15, 0.2) is 0 Å². The molecule has 5 rings (SSSR count). The molecule has 2 atom stereocenters. The van der Waals surface area contributed by atoms with Gasteiger partial charge in [0, 0.05) is 37.1 Å². The van der Waals surface area contributed by atoms with Gasteiger partial charge < -0.3 is 20.1 Å². The molecule has 2 saturated heterocycles. The second-order valence-corrected chi connectivity index (χ2v) is 12.5. The number of thioether (sulfide) groups is 1. The first-order valence-electron chi connectivity index (χ1n) is 14.3. The maximum atomic E-state index is 14.4. The van der Waals surface area contributed by atoms with Crippen LogP contribution in [-0.4, -0.2) is 76.9 Å². The van der Waals surface area contributed by atoms with Crippen LogP contribution in [0.25, 0.3) is 0 Å². The maximum Gasteiger partial charge on any atom is 0.239 e. The lowest BCUT2D eigenvalue weighted by atomic mass is 9.88. The molecule has 2 amide bonds. The van der Waals surface area contributed by atoms with E-state index in [9.17, 15) is 14.7 Å². The second-order valence-electron chi connectivity index (χ2n) is 11.1. The Kier molecular flexibility index (Phi) is 9.28. The number of aliphatic hydroxyl groups is 1. The minimum absolute atomic E-state index is 0.0402. The molecule has 2 aromatic rings. The van der Waals surface area contributed by atoms with Crippen LogP contribution < -0.4 is 5.32 Å². The second kappa shape index (κ2) is 12.9. The third-order valence-corrected chi connectivity index (χ3v) is 9.82. The van der Waals surface area contributed by atoms with E-state index >= 15 is 0 Å². The molecule has 0 bridgehead atoms. The minimum Gasteiger partial charge on any atom is -0.392 e. The predicted octanol–water partition coefficient (Wildman–Crippen LogP) is 4.07. The van der Waals surface area contributed by atoms with Crippen LogP contribution >= 0.6 is 11.8 Å². The monoisotopic (exact) mass is 551 g/mol. The Labute approximate surface area is 236 Å². The molecule has 8 heteroatoms. The molecule has 7 nitrogen and oxygen atoms in total. The fraction of sp³-hybridized carbons (Fsp3) is 0.548. The van der Waals surface area contributed by atoms with Crippen molar-refractivity contribution in [3.63, 3.8) is 0 Å². The Balaban J connectivity index is 1.51. The first kappa shape index (κ1) is 28.1. The molecule has 39 heavy (non-hydrogen) atoms. The molecule has 2 aromatic carbocycles. The van der Waals surface area contributed by atoms with Gasteiger partial charge >= 0.3 is 0 Å². The van der Waals surface area contributed by atoms with Gasteiger partial charge in [0.25, 0.3) is 0 Å². The Bertz CT molecular complexity index is 1110. The minimum atomic E-state index is -1.00. The molecule has 0 aromatic heterocycles. The van der Waals surface area contributed by atoms with Gasteiger partial charge in [0.1, 0.15) is 4.75 Å². The van der Waals surface area contributed by atoms with Crippen molar-refractivity contribution in [2.24, 2.45) is 0 Å². The summed E-state index contributed by atoms with van der Waals surface area (Å²) in [6.07, 6.45) is 5.52. The molecule has 0 radical (unpaired) electrons. The highest BCUT2D eigenvalue weighted by Crippen LogP contribution is 2.54. The van der Waals surface area contributed by atoms with E-state index in [0.29, 0.717) is 6.54 Å². The quantitative estimate of drug-likeness (QED) is 0.489. The summed E-state index contributed by atoms with van der Waals surface area (Å²) in [6, 6.07) is 15.8. The summed E-state index contributed by atoms with van der Waals surface area (Å²) in [6.45, 7) is 6.48. The summed E-state index contributed by atoms with van der Waals surface area (Å²) >= 11 is 1.53. The van der Waals surface area contributed by atoms with E-state index in [0.717, 1.165) is 80.1 Å². The molecule has 2 aliphatic heterocycles. The molecular weight excluding hydrogens is 510 g/mol. The molecule has 210 valence electrons. The maximum absolute atomic E-state index is 14.4. The van der Waals surface area contributed by atoms with Crippen LogP contribution in [0.2, 0.25) is 0 Å². The van der Waals surface area contributed by atoms with E-state index in [1.807, 2.05) is 24.3 Å².